The SMILES string of the molecule is COc1ccc(NC(=O)[C@H]2CCCN2CCc2ccc([N+](=O)[O-])cc2)cc1. The van der Waals surface area contributed by atoms with Crippen molar-refractivity contribution in [3.63, 3.8) is 0 Å². The summed E-state index contributed by atoms with van der Waals surface area (Å²) in [4.78, 5) is 25.2. The number of carbonyl (C=O) groups is 1. The summed E-state index contributed by atoms with van der Waals surface area (Å²) in [5.74, 6) is 0.750. The van der Waals surface area contributed by atoms with Gasteiger partial charge >= 0.3 is 0 Å². The molecule has 1 atom stereocenters. The van der Waals surface area contributed by atoms with Crippen LogP contribution in [0.25, 0.3) is 0 Å². The number of nitrogens with zero attached hydrogens (tertiary/aromatic N) is 2. The molecule has 0 unspecified atom stereocenters. The van der Waals surface area contributed by atoms with Crippen molar-refractivity contribution in [2.45, 2.75) is 25.3 Å². The molecule has 0 radical (unpaired) electrons. The van der Waals surface area contributed by atoms with Gasteiger partial charge in [0.15, 0.2) is 0 Å². The quantitative estimate of drug-likeness (QED) is 0.598. The summed E-state index contributed by atoms with van der Waals surface area (Å²) in [6, 6.07) is 13.7. The van der Waals surface area contributed by atoms with Gasteiger partial charge in [-0.3, -0.25) is 19.8 Å². The zero-order valence-corrected chi connectivity index (χ0v) is 15.3. The number of likely N-dealkylation sites (tertiary alicyclic amines) is 1. The summed E-state index contributed by atoms with van der Waals surface area (Å²) >= 11 is 0. The summed E-state index contributed by atoms with van der Waals surface area (Å²) in [6.07, 6.45) is 2.58. The molecule has 2 aromatic rings. The lowest BCUT2D eigenvalue weighted by atomic mass is 10.1. The van der Waals surface area contributed by atoms with Crippen LogP contribution in [0.4, 0.5) is 11.4 Å². The minimum atomic E-state index is -0.399. The highest BCUT2D eigenvalue weighted by Crippen LogP contribution is 2.21. The summed E-state index contributed by atoms with van der Waals surface area (Å²) in [5.41, 5.74) is 1.88. The van der Waals surface area contributed by atoms with Crippen LogP contribution in [0.2, 0.25) is 0 Å². The molecule has 3 rings (SSSR count). The molecule has 142 valence electrons. The van der Waals surface area contributed by atoms with Crippen molar-refractivity contribution in [1.82, 2.24) is 4.90 Å². The molecule has 1 fully saturated rings. The van der Waals surface area contributed by atoms with E-state index in [1.807, 2.05) is 24.3 Å². The number of rotatable bonds is 7. The molecular weight excluding hydrogens is 346 g/mol. The van der Waals surface area contributed by atoms with Gasteiger partial charge in [-0.15, -0.1) is 0 Å². The second-order valence-corrected chi connectivity index (χ2v) is 6.59. The molecule has 1 saturated heterocycles. The molecule has 0 aliphatic carbocycles. The molecule has 1 aliphatic rings. The largest absolute Gasteiger partial charge is 0.497 e. The maximum atomic E-state index is 12.7. The number of carbonyl (C=O) groups excluding carboxylic acids is 1. The van der Waals surface area contributed by atoms with Crippen LogP contribution in [0, 0.1) is 10.1 Å². The van der Waals surface area contributed by atoms with Gasteiger partial charge in [-0.05, 0) is 55.6 Å². The van der Waals surface area contributed by atoms with Gasteiger partial charge in [-0.1, -0.05) is 12.1 Å². The Morgan fingerprint density at radius 3 is 2.56 bits per heavy atom. The number of amides is 1. The Morgan fingerprint density at radius 1 is 1.22 bits per heavy atom. The van der Waals surface area contributed by atoms with Crippen LogP contribution < -0.4 is 10.1 Å². The summed E-state index contributed by atoms with van der Waals surface area (Å²) in [5, 5.41) is 13.7. The molecule has 1 N–H and O–H groups in total. The van der Waals surface area contributed by atoms with Gasteiger partial charge in [-0.2, -0.15) is 0 Å². The van der Waals surface area contributed by atoms with E-state index in [1.165, 1.54) is 12.1 Å². The Labute approximate surface area is 158 Å². The molecule has 1 aliphatic heterocycles. The van der Waals surface area contributed by atoms with E-state index in [2.05, 4.69) is 10.2 Å². The Hall–Kier alpha value is -2.93. The molecule has 7 heteroatoms. The van der Waals surface area contributed by atoms with Crippen LogP contribution in [0.5, 0.6) is 5.75 Å². The molecule has 2 aromatic carbocycles. The van der Waals surface area contributed by atoms with Crippen LogP contribution in [-0.4, -0.2) is 42.0 Å². The number of hydrogen-bond acceptors (Lipinski definition) is 5. The molecule has 0 spiro atoms. The number of nitrogens with one attached hydrogen (secondary N) is 1. The number of methoxy groups -OCH3 is 1. The Balaban J connectivity index is 1.55. The van der Waals surface area contributed by atoms with Crippen LogP contribution in [-0.2, 0) is 11.2 Å². The first-order chi connectivity index (χ1) is 13.1. The number of ether oxygens (including phenoxy) is 1. The van der Waals surface area contributed by atoms with Crippen molar-refractivity contribution >= 4 is 17.3 Å². The monoisotopic (exact) mass is 369 g/mol. The van der Waals surface area contributed by atoms with Gasteiger partial charge < -0.3 is 10.1 Å². The molecule has 0 saturated carbocycles. The van der Waals surface area contributed by atoms with E-state index in [0.29, 0.717) is 0 Å². The zero-order chi connectivity index (χ0) is 19.2. The fourth-order valence-corrected chi connectivity index (χ4v) is 3.35. The average Bonchev–Trinajstić information content (AvgIpc) is 3.16. The lowest BCUT2D eigenvalue weighted by Crippen LogP contribution is -2.40. The minimum absolute atomic E-state index is 0.00127. The number of benzene rings is 2. The topological polar surface area (TPSA) is 84.7 Å². The molecule has 1 heterocycles. The van der Waals surface area contributed by atoms with Crippen molar-refractivity contribution in [3.8, 4) is 5.75 Å². The fraction of sp³-hybridized carbons (Fsp3) is 0.350. The zero-order valence-electron chi connectivity index (χ0n) is 15.3. The number of nitro benzene ring substituents is 1. The van der Waals surface area contributed by atoms with E-state index in [1.54, 1.807) is 19.2 Å². The van der Waals surface area contributed by atoms with Gasteiger partial charge in [0.25, 0.3) is 5.69 Å². The van der Waals surface area contributed by atoms with Gasteiger partial charge in [-0.25, -0.2) is 0 Å². The minimum Gasteiger partial charge on any atom is -0.497 e. The first-order valence-corrected chi connectivity index (χ1v) is 8.99. The predicted octanol–water partition coefficient (Wildman–Crippen LogP) is 3.25. The van der Waals surface area contributed by atoms with E-state index in [9.17, 15) is 14.9 Å². The average molecular weight is 369 g/mol. The number of anilines is 1. The summed E-state index contributed by atoms with van der Waals surface area (Å²) < 4.78 is 5.13. The van der Waals surface area contributed by atoms with Crippen molar-refractivity contribution in [2.24, 2.45) is 0 Å². The Kier molecular flexibility index (Phi) is 6.03. The van der Waals surface area contributed by atoms with E-state index < -0.39 is 4.92 Å². The summed E-state index contributed by atoms with van der Waals surface area (Å²) in [6.45, 7) is 1.63. The maximum Gasteiger partial charge on any atom is 0.269 e. The second kappa shape index (κ2) is 8.64. The highest BCUT2D eigenvalue weighted by Gasteiger charge is 2.30. The summed E-state index contributed by atoms with van der Waals surface area (Å²) in [7, 11) is 1.61. The van der Waals surface area contributed by atoms with E-state index >= 15 is 0 Å². The van der Waals surface area contributed by atoms with E-state index in [0.717, 1.165) is 49.4 Å². The predicted molar refractivity (Wildman–Crippen MR) is 103 cm³/mol. The van der Waals surface area contributed by atoms with Crippen LogP contribution >= 0.6 is 0 Å². The van der Waals surface area contributed by atoms with Crippen molar-refractivity contribution in [3.05, 3.63) is 64.2 Å². The molecular formula is C20H23N3O4. The normalized spacial score (nSPS) is 16.9. The third-order valence-corrected chi connectivity index (χ3v) is 4.86. The molecule has 0 aromatic heterocycles. The number of hydrogen-bond donors (Lipinski definition) is 1. The van der Waals surface area contributed by atoms with Crippen LogP contribution in [0.1, 0.15) is 18.4 Å². The molecule has 27 heavy (non-hydrogen) atoms. The van der Waals surface area contributed by atoms with E-state index in [4.69, 9.17) is 4.74 Å². The van der Waals surface area contributed by atoms with Gasteiger partial charge in [0.05, 0.1) is 18.1 Å². The second-order valence-electron chi connectivity index (χ2n) is 6.59. The maximum absolute atomic E-state index is 12.7. The van der Waals surface area contributed by atoms with Crippen molar-refractivity contribution < 1.29 is 14.5 Å². The molecule has 1 amide bonds. The molecule has 0 bridgehead atoms. The van der Waals surface area contributed by atoms with Crippen LogP contribution in [0.3, 0.4) is 0 Å². The number of non-ortho nitro benzene ring substituents is 1. The van der Waals surface area contributed by atoms with E-state index in [-0.39, 0.29) is 17.6 Å². The third-order valence-electron chi connectivity index (χ3n) is 4.86. The Bertz CT molecular complexity index is 790. The highest BCUT2D eigenvalue weighted by atomic mass is 16.6. The first-order valence-electron chi connectivity index (χ1n) is 8.99. The van der Waals surface area contributed by atoms with Gasteiger partial charge in [0.2, 0.25) is 5.91 Å². The smallest absolute Gasteiger partial charge is 0.269 e. The highest BCUT2D eigenvalue weighted by molar-refractivity contribution is 5.95. The van der Waals surface area contributed by atoms with Crippen LogP contribution in [0.15, 0.2) is 48.5 Å². The molecule has 7 nitrogen and oxygen atoms in total. The lowest BCUT2D eigenvalue weighted by Gasteiger charge is -2.23. The standard InChI is InChI=1S/C20H23N3O4/c1-27-18-10-6-16(7-11-18)21-20(24)19-3-2-13-22(19)14-12-15-4-8-17(9-5-15)23(25)26/h4-11,19H,2-3,12-14H2,1H3,(H,21,24)/t19-/m1/s1. The van der Waals surface area contributed by atoms with Crippen molar-refractivity contribution in [1.29, 1.82) is 0 Å². The van der Waals surface area contributed by atoms with Gasteiger partial charge in [0.1, 0.15) is 5.75 Å². The lowest BCUT2D eigenvalue weighted by molar-refractivity contribution is -0.384. The fourth-order valence-electron chi connectivity index (χ4n) is 3.35. The Morgan fingerprint density at radius 2 is 1.93 bits per heavy atom. The number of nitro groups is 1. The van der Waals surface area contributed by atoms with Gasteiger partial charge in [0, 0.05) is 24.4 Å². The first kappa shape index (κ1) is 18.8. The third kappa shape index (κ3) is 4.83. The van der Waals surface area contributed by atoms with Crippen molar-refractivity contribution in [2.75, 3.05) is 25.5 Å².